The lowest BCUT2D eigenvalue weighted by Gasteiger charge is -2.36. The van der Waals surface area contributed by atoms with Crippen LogP contribution in [0.2, 0.25) is 0 Å². The van der Waals surface area contributed by atoms with Crippen molar-refractivity contribution in [3.63, 3.8) is 0 Å². The standard InChI is InChI=1S/C13H25N3O/c1-4-5-12(14)13(17)16-8-6-15(7-9-16)10-11(2)3/h4,11-12H,1,5-10,14H2,2-3H3. The van der Waals surface area contributed by atoms with E-state index in [1.807, 2.05) is 4.90 Å². The number of carbonyl (C=O) groups is 1. The Hall–Kier alpha value is -0.870. The molecule has 1 unspecified atom stereocenters. The Morgan fingerprint density at radius 1 is 1.35 bits per heavy atom. The third-order valence-electron chi connectivity index (χ3n) is 3.05. The van der Waals surface area contributed by atoms with Gasteiger partial charge in [-0.2, -0.15) is 0 Å². The summed E-state index contributed by atoms with van der Waals surface area (Å²) in [6.45, 7) is 12.7. The molecule has 4 nitrogen and oxygen atoms in total. The molecule has 1 atom stereocenters. The number of hydrogen-bond donors (Lipinski definition) is 1. The summed E-state index contributed by atoms with van der Waals surface area (Å²) in [5.74, 6) is 0.745. The van der Waals surface area contributed by atoms with Crippen molar-refractivity contribution in [1.29, 1.82) is 0 Å². The smallest absolute Gasteiger partial charge is 0.239 e. The first-order chi connectivity index (χ1) is 8.04. The van der Waals surface area contributed by atoms with E-state index in [1.165, 1.54) is 0 Å². The third-order valence-corrected chi connectivity index (χ3v) is 3.05. The lowest BCUT2D eigenvalue weighted by atomic mass is 10.1. The van der Waals surface area contributed by atoms with Crippen molar-refractivity contribution in [3.05, 3.63) is 12.7 Å². The van der Waals surface area contributed by atoms with Gasteiger partial charge in [-0.3, -0.25) is 9.69 Å². The lowest BCUT2D eigenvalue weighted by molar-refractivity contribution is -0.134. The van der Waals surface area contributed by atoms with E-state index in [4.69, 9.17) is 5.73 Å². The molecule has 0 aromatic carbocycles. The Labute approximate surface area is 104 Å². The Morgan fingerprint density at radius 2 is 1.94 bits per heavy atom. The van der Waals surface area contributed by atoms with Crippen LogP contribution in [0, 0.1) is 5.92 Å². The van der Waals surface area contributed by atoms with Crippen LogP contribution < -0.4 is 5.73 Å². The predicted octanol–water partition coefficient (Wildman–Crippen LogP) is 0.690. The highest BCUT2D eigenvalue weighted by Crippen LogP contribution is 2.07. The maximum absolute atomic E-state index is 12.0. The highest BCUT2D eigenvalue weighted by atomic mass is 16.2. The number of amides is 1. The number of carbonyl (C=O) groups excluding carboxylic acids is 1. The average Bonchev–Trinajstić information content (AvgIpc) is 2.28. The Kier molecular flexibility index (Phi) is 5.65. The molecule has 0 aromatic rings. The van der Waals surface area contributed by atoms with Gasteiger partial charge in [0.25, 0.3) is 0 Å². The van der Waals surface area contributed by atoms with Gasteiger partial charge < -0.3 is 10.6 Å². The van der Waals surface area contributed by atoms with Crippen LogP contribution in [0.15, 0.2) is 12.7 Å². The highest BCUT2D eigenvalue weighted by molar-refractivity contribution is 5.81. The zero-order valence-corrected chi connectivity index (χ0v) is 11.1. The van der Waals surface area contributed by atoms with E-state index in [0.717, 1.165) is 32.7 Å². The number of piperazine rings is 1. The first-order valence-electron chi connectivity index (χ1n) is 6.42. The van der Waals surface area contributed by atoms with Gasteiger partial charge in [0.1, 0.15) is 0 Å². The van der Waals surface area contributed by atoms with Crippen LogP contribution in [0.5, 0.6) is 0 Å². The first-order valence-corrected chi connectivity index (χ1v) is 6.42. The number of nitrogens with zero attached hydrogens (tertiary/aromatic N) is 2. The molecule has 17 heavy (non-hydrogen) atoms. The molecule has 4 heteroatoms. The van der Waals surface area contributed by atoms with E-state index in [1.54, 1.807) is 6.08 Å². The molecule has 98 valence electrons. The zero-order chi connectivity index (χ0) is 12.8. The van der Waals surface area contributed by atoms with E-state index in [-0.39, 0.29) is 5.91 Å². The first kappa shape index (κ1) is 14.2. The molecule has 1 amide bonds. The van der Waals surface area contributed by atoms with Crippen molar-refractivity contribution in [2.75, 3.05) is 32.7 Å². The van der Waals surface area contributed by atoms with Crippen molar-refractivity contribution >= 4 is 5.91 Å². The Morgan fingerprint density at radius 3 is 2.41 bits per heavy atom. The normalized spacial score (nSPS) is 19.4. The topological polar surface area (TPSA) is 49.6 Å². The highest BCUT2D eigenvalue weighted by Gasteiger charge is 2.24. The molecule has 1 aliphatic heterocycles. The van der Waals surface area contributed by atoms with E-state index in [9.17, 15) is 4.79 Å². The molecule has 1 fully saturated rings. The predicted molar refractivity (Wildman–Crippen MR) is 70.6 cm³/mol. The van der Waals surface area contributed by atoms with E-state index in [0.29, 0.717) is 12.3 Å². The van der Waals surface area contributed by atoms with Crippen LogP contribution in [0.4, 0.5) is 0 Å². The lowest BCUT2D eigenvalue weighted by Crippen LogP contribution is -2.53. The van der Waals surface area contributed by atoms with Crippen molar-refractivity contribution < 1.29 is 4.79 Å². The fourth-order valence-corrected chi connectivity index (χ4v) is 2.18. The second-order valence-corrected chi connectivity index (χ2v) is 5.15. The molecule has 0 aromatic heterocycles. The number of nitrogens with two attached hydrogens (primary N) is 1. The summed E-state index contributed by atoms with van der Waals surface area (Å²) in [7, 11) is 0. The summed E-state index contributed by atoms with van der Waals surface area (Å²) in [4.78, 5) is 16.2. The quantitative estimate of drug-likeness (QED) is 0.718. The van der Waals surface area contributed by atoms with Crippen LogP contribution in [-0.4, -0.2) is 54.5 Å². The summed E-state index contributed by atoms with van der Waals surface area (Å²) in [5, 5.41) is 0. The molecule has 1 aliphatic rings. The van der Waals surface area contributed by atoms with Gasteiger partial charge in [-0.15, -0.1) is 6.58 Å². The molecule has 0 spiro atoms. The van der Waals surface area contributed by atoms with Gasteiger partial charge in [0.15, 0.2) is 0 Å². The summed E-state index contributed by atoms with van der Waals surface area (Å²) < 4.78 is 0. The average molecular weight is 239 g/mol. The van der Waals surface area contributed by atoms with Crippen molar-refractivity contribution in [2.45, 2.75) is 26.3 Å². The molecule has 1 saturated heterocycles. The van der Waals surface area contributed by atoms with Gasteiger partial charge in [0.2, 0.25) is 5.91 Å². The van der Waals surface area contributed by atoms with Crippen LogP contribution >= 0.6 is 0 Å². The van der Waals surface area contributed by atoms with Crippen LogP contribution in [0.3, 0.4) is 0 Å². The molecule has 0 saturated carbocycles. The molecule has 0 aliphatic carbocycles. The summed E-state index contributed by atoms with van der Waals surface area (Å²) in [5.41, 5.74) is 5.80. The van der Waals surface area contributed by atoms with Crippen LogP contribution in [0.1, 0.15) is 20.3 Å². The van der Waals surface area contributed by atoms with Gasteiger partial charge in [-0.1, -0.05) is 19.9 Å². The number of rotatable bonds is 5. The summed E-state index contributed by atoms with van der Waals surface area (Å²) >= 11 is 0. The molecule has 1 heterocycles. The number of hydrogen-bond acceptors (Lipinski definition) is 3. The monoisotopic (exact) mass is 239 g/mol. The largest absolute Gasteiger partial charge is 0.339 e. The molecular formula is C13H25N3O. The van der Waals surface area contributed by atoms with Gasteiger partial charge >= 0.3 is 0 Å². The minimum Gasteiger partial charge on any atom is -0.339 e. The third kappa shape index (κ3) is 4.48. The van der Waals surface area contributed by atoms with Crippen molar-refractivity contribution in [1.82, 2.24) is 9.80 Å². The second kappa shape index (κ2) is 6.77. The minimum absolute atomic E-state index is 0.0640. The maximum Gasteiger partial charge on any atom is 0.239 e. The summed E-state index contributed by atoms with van der Waals surface area (Å²) in [6, 6.07) is -0.413. The Bertz CT molecular complexity index is 257. The van der Waals surface area contributed by atoms with Gasteiger partial charge in [-0.05, 0) is 12.3 Å². The Balaban J connectivity index is 2.35. The van der Waals surface area contributed by atoms with Crippen molar-refractivity contribution in [3.8, 4) is 0 Å². The van der Waals surface area contributed by atoms with E-state index < -0.39 is 6.04 Å². The fraction of sp³-hybridized carbons (Fsp3) is 0.769. The summed E-state index contributed by atoms with van der Waals surface area (Å²) in [6.07, 6.45) is 2.27. The van der Waals surface area contributed by atoms with Gasteiger partial charge in [0, 0.05) is 32.7 Å². The van der Waals surface area contributed by atoms with E-state index in [2.05, 4.69) is 25.3 Å². The van der Waals surface area contributed by atoms with Gasteiger partial charge in [-0.25, -0.2) is 0 Å². The van der Waals surface area contributed by atoms with Gasteiger partial charge in [0.05, 0.1) is 6.04 Å². The SMILES string of the molecule is C=CCC(N)C(=O)N1CCN(CC(C)C)CC1. The molecule has 0 bridgehead atoms. The molecular weight excluding hydrogens is 214 g/mol. The fourth-order valence-electron chi connectivity index (χ4n) is 2.18. The molecule has 1 rings (SSSR count). The second-order valence-electron chi connectivity index (χ2n) is 5.15. The maximum atomic E-state index is 12.0. The molecule has 0 radical (unpaired) electrons. The minimum atomic E-state index is -0.413. The van der Waals surface area contributed by atoms with Crippen LogP contribution in [0.25, 0.3) is 0 Å². The van der Waals surface area contributed by atoms with Crippen molar-refractivity contribution in [2.24, 2.45) is 11.7 Å². The molecule has 2 N–H and O–H groups in total. The zero-order valence-electron chi connectivity index (χ0n) is 11.1. The van der Waals surface area contributed by atoms with Crippen LogP contribution in [-0.2, 0) is 4.79 Å². The van der Waals surface area contributed by atoms with E-state index >= 15 is 0 Å².